The molecule has 17 heavy (non-hydrogen) atoms. The van der Waals surface area contributed by atoms with Gasteiger partial charge in [-0.2, -0.15) is 0 Å². The van der Waals surface area contributed by atoms with Crippen LogP contribution in [0, 0.1) is 5.92 Å². The molecule has 0 aromatic rings. The van der Waals surface area contributed by atoms with Crippen LogP contribution in [0.4, 0.5) is 0 Å². The standard InChI is InChI=1S/C12H25N3O2/c1-11(2)10-13-14-12(16)4-3-5-15-6-8-17-9-7-15/h11,13H,3-10H2,1-2H3,(H,14,16). The van der Waals surface area contributed by atoms with E-state index in [1.165, 1.54) is 0 Å². The summed E-state index contributed by atoms with van der Waals surface area (Å²) in [6, 6.07) is 0. The van der Waals surface area contributed by atoms with E-state index in [1.807, 2.05) is 0 Å². The minimum atomic E-state index is 0.0823. The monoisotopic (exact) mass is 243 g/mol. The predicted octanol–water partition coefficient (Wildman–Crippen LogP) is 0.376. The Balaban J connectivity index is 1.95. The van der Waals surface area contributed by atoms with Crippen molar-refractivity contribution in [1.29, 1.82) is 0 Å². The lowest BCUT2D eigenvalue weighted by Gasteiger charge is -2.26. The first-order chi connectivity index (χ1) is 8.18. The second-order valence-corrected chi connectivity index (χ2v) is 4.88. The van der Waals surface area contributed by atoms with Crippen molar-refractivity contribution in [3.05, 3.63) is 0 Å². The molecule has 1 fully saturated rings. The molecule has 5 nitrogen and oxygen atoms in total. The summed E-state index contributed by atoms with van der Waals surface area (Å²) in [5.74, 6) is 0.627. The Morgan fingerprint density at radius 2 is 2.06 bits per heavy atom. The number of carbonyl (C=O) groups excluding carboxylic acids is 1. The summed E-state index contributed by atoms with van der Waals surface area (Å²) >= 11 is 0. The Hall–Kier alpha value is -0.650. The number of morpholine rings is 1. The number of nitrogens with zero attached hydrogens (tertiary/aromatic N) is 1. The fourth-order valence-electron chi connectivity index (χ4n) is 1.70. The summed E-state index contributed by atoms with van der Waals surface area (Å²) in [6.07, 6.45) is 1.50. The van der Waals surface area contributed by atoms with Crippen molar-refractivity contribution in [2.24, 2.45) is 5.92 Å². The summed E-state index contributed by atoms with van der Waals surface area (Å²) in [5, 5.41) is 0. The highest BCUT2D eigenvalue weighted by atomic mass is 16.5. The van der Waals surface area contributed by atoms with Crippen LogP contribution >= 0.6 is 0 Å². The first-order valence-electron chi connectivity index (χ1n) is 6.50. The lowest BCUT2D eigenvalue weighted by molar-refractivity contribution is -0.122. The number of nitrogens with one attached hydrogen (secondary N) is 2. The molecular formula is C12H25N3O2. The summed E-state index contributed by atoms with van der Waals surface area (Å²) in [6.45, 7) is 9.65. The van der Waals surface area contributed by atoms with E-state index in [0.717, 1.165) is 45.8 Å². The molecule has 1 saturated heterocycles. The number of hydrazine groups is 1. The van der Waals surface area contributed by atoms with E-state index in [4.69, 9.17) is 4.74 Å². The van der Waals surface area contributed by atoms with Crippen LogP contribution in [-0.4, -0.2) is 50.2 Å². The zero-order chi connectivity index (χ0) is 12.5. The van der Waals surface area contributed by atoms with Crippen molar-refractivity contribution >= 4 is 5.91 Å². The molecule has 1 rings (SSSR count). The molecular weight excluding hydrogens is 218 g/mol. The predicted molar refractivity (Wildman–Crippen MR) is 67.5 cm³/mol. The molecule has 0 bridgehead atoms. The minimum absolute atomic E-state index is 0.0823. The fourth-order valence-corrected chi connectivity index (χ4v) is 1.70. The third kappa shape index (κ3) is 7.31. The minimum Gasteiger partial charge on any atom is -0.379 e. The molecule has 0 radical (unpaired) electrons. The van der Waals surface area contributed by atoms with Gasteiger partial charge in [0.15, 0.2) is 0 Å². The fraction of sp³-hybridized carbons (Fsp3) is 0.917. The van der Waals surface area contributed by atoms with Gasteiger partial charge in [0.2, 0.25) is 5.91 Å². The van der Waals surface area contributed by atoms with E-state index in [1.54, 1.807) is 0 Å². The lowest BCUT2D eigenvalue weighted by atomic mass is 10.2. The van der Waals surface area contributed by atoms with Crippen LogP contribution < -0.4 is 10.9 Å². The van der Waals surface area contributed by atoms with Crippen LogP contribution in [-0.2, 0) is 9.53 Å². The van der Waals surface area contributed by atoms with Gasteiger partial charge in [-0.15, -0.1) is 0 Å². The largest absolute Gasteiger partial charge is 0.379 e. The molecule has 0 aromatic heterocycles. The van der Waals surface area contributed by atoms with Gasteiger partial charge in [-0.3, -0.25) is 15.1 Å². The number of hydrogen-bond donors (Lipinski definition) is 2. The summed E-state index contributed by atoms with van der Waals surface area (Å²) in [7, 11) is 0. The van der Waals surface area contributed by atoms with E-state index in [-0.39, 0.29) is 5.91 Å². The van der Waals surface area contributed by atoms with Crippen LogP contribution in [0.1, 0.15) is 26.7 Å². The molecule has 1 heterocycles. The highest BCUT2D eigenvalue weighted by Gasteiger charge is 2.10. The SMILES string of the molecule is CC(C)CNNC(=O)CCCN1CCOCC1. The van der Waals surface area contributed by atoms with Crippen molar-refractivity contribution in [3.63, 3.8) is 0 Å². The van der Waals surface area contributed by atoms with Gasteiger partial charge in [0.1, 0.15) is 0 Å². The maximum absolute atomic E-state index is 11.4. The zero-order valence-electron chi connectivity index (χ0n) is 11.0. The van der Waals surface area contributed by atoms with Gasteiger partial charge < -0.3 is 4.74 Å². The van der Waals surface area contributed by atoms with Crippen molar-refractivity contribution in [2.75, 3.05) is 39.4 Å². The van der Waals surface area contributed by atoms with E-state index < -0.39 is 0 Å². The van der Waals surface area contributed by atoms with E-state index in [9.17, 15) is 4.79 Å². The smallest absolute Gasteiger partial charge is 0.234 e. The molecule has 1 aliphatic rings. The molecule has 0 aromatic carbocycles. The topological polar surface area (TPSA) is 53.6 Å². The Bertz CT molecular complexity index is 216. The molecule has 2 N–H and O–H groups in total. The Morgan fingerprint density at radius 1 is 1.35 bits per heavy atom. The molecule has 5 heteroatoms. The van der Waals surface area contributed by atoms with Crippen LogP contribution in [0.25, 0.3) is 0 Å². The van der Waals surface area contributed by atoms with Gasteiger partial charge in [-0.05, 0) is 18.9 Å². The summed E-state index contributed by atoms with van der Waals surface area (Å²) < 4.78 is 5.27. The van der Waals surface area contributed by atoms with Gasteiger partial charge in [-0.25, -0.2) is 5.43 Å². The summed E-state index contributed by atoms with van der Waals surface area (Å²) in [4.78, 5) is 13.8. The Morgan fingerprint density at radius 3 is 2.71 bits per heavy atom. The van der Waals surface area contributed by atoms with Crippen molar-refractivity contribution in [1.82, 2.24) is 15.8 Å². The molecule has 1 aliphatic heterocycles. The second-order valence-electron chi connectivity index (χ2n) is 4.88. The zero-order valence-corrected chi connectivity index (χ0v) is 11.0. The van der Waals surface area contributed by atoms with Gasteiger partial charge in [0.25, 0.3) is 0 Å². The average Bonchev–Trinajstić information content (AvgIpc) is 2.30. The number of hydrogen-bond acceptors (Lipinski definition) is 4. The van der Waals surface area contributed by atoms with Gasteiger partial charge in [-0.1, -0.05) is 13.8 Å². The lowest BCUT2D eigenvalue weighted by Crippen LogP contribution is -2.40. The molecule has 0 aliphatic carbocycles. The maximum atomic E-state index is 11.4. The Kier molecular flexibility index (Phi) is 7.16. The number of rotatable bonds is 7. The van der Waals surface area contributed by atoms with Crippen molar-refractivity contribution < 1.29 is 9.53 Å². The molecule has 0 spiro atoms. The molecule has 100 valence electrons. The van der Waals surface area contributed by atoms with E-state index in [0.29, 0.717) is 12.3 Å². The normalized spacial score (nSPS) is 17.4. The van der Waals surface area contributed by atoms with Crippen LogP contribution in [0.15, 0.2) is 0 Å². The number of amides is 1. The van der Waals surface area contributed by atoms with Crippen molar-refractivity contribution in [3.8, 4) is 0 Å². The van der Waals surface area contributed by atoms with Gasteiger partial charge >= 0.3 is 0 Å². The number of carbonyl (C=O) groups is 1. The third-order valence-corrected chi connectivity index (χ3v) is 2.72. The molecule has 1 amide bonds. The van der Waals surface area contributed by atoms with E-state index >= 15 is 0 Å². The first kappa shape index (κ1) is 14.4. The maximum Gasteiger partial charge on any atom is 0.234 e. The first-order valence-corrected chi connectivity index (χ1v) is 6.50. The second kappa shape index (κ2) is 8.44. The summed E-state index contributed by atoms with van der Waals surface area (Å²) in [5.41, 5.74) is 5.66. The van der Waals surface area contributed by atoms with Crippen molar-refractivity contribution in [2.45, 2.75) is 26.7 Å². The highest BCUT2D eigenvalue weighted by molar-refractivity contribution is 5.75. The average molecular weight is 243 g/mol. The van der Waals surface area contributed by atoms with Gasteiger partial charge in [0, 0.05) is 26.1 Å². The van der Waals surface area contributed by atoms with Crippen LogP contribution in [0.2, 0.25) is 0 Å². The third-order valence-electron chi connectivity index (χ3n) is 2.72. The molecule has 0 saturated carbocycles. The van der Waals surface area contributed by atoms with Crippen LogP contribution in [0.3, 0.4) is 0 Å². The van der Waals surface area contributed by atoms with Gasteiger partial charge in [0.05, 0.1) is 13.2 Å². The molecule has 0 unspecified atom stereocenters. The molecule has 0 atom stereocenters. The van der Waals surface area contributed by atoms with Crippen LogP contribution in [0.5, 0.6) is 0 Å². The quantitative estimate of drug-likeness (QED) is 0.635. The highest BCUT2D eigenvalue weighted by Crippen LogP contribution is 1.99. The number of ether oxygens (including phenoxy) is 1. The van der Waals surface area contributed by atoms with E-state index in [2.05, 4.69) is 29.6 Å². The Labute approximate surface area is 104 Å².